The Hall–Kier alpha value is -1.11. The van der Waals surface area contributed by atoms with Gasteiger partial charge in [0.1, 0.15) is 5.82 Å². The van der Waals surface area contributed by atoms with Gasteiger partial charge in [-0.1, -0.05) is 19.3 Å². The Bertz CT molecular complexity index is 537. The molecule has 2 fully saturated rings. The number of carbonyl (C=O) groups is 1. The molecule has 24 heavy (non-hydrogen) atoms. The maximum absolute atomic E-state index is 12.4. The van der Waals surface area contributed by atoms with Crippen molar-refractivity contribution in [1.29, 1.82) is 0 Å². The highest BCUT2D eigenvalue weighted by molar-refractivity contribution is 5.94. The molecule has 1 aliphatic carbocycles. The summed E-state index contributed by atoms with van der Waals surface area (Å²) in [6.07, 6.45) is 7.99. The molecule has 7 heteroatoms. The van der Waals surface area contributed by atoms with Crippen molar-refractivity contribution in [2.24, 2.45) is 18.7 Å². The number of nitrogens with two attached hydrogens (primary N) is 1. The third-order valence-corrected chi connectivity index (χ3v) is 5.25. The highest BCUT2D eigenvalue weighted by atomic mass is 35.5. The highest BCUT2D eigenvalue weighted by Gasteiger charge is 2.27. The van der Waals surface area contributed by atoms with Crippen LogP contribution in [0, 0.1) is 5.92 Å². The van der Waals surface area contributed by atoms with Gasteiger partial charge in [-0.3, -0.25) is 9.48 Å². The monoisotopic (exact) mass is 356 g/mol. The van der Waals surface area contributed by atoms with E-state index in [1.807, 2.05) is 13.1 Å². The lowest BCUT2D eigenvalue weighted by Gasteiger charge is -2.26. The molecule has 1 saturated carbocycles. The lowest BCUT2D eigenvalue weighted by molar-refractivity contribution is -0.119. The molecule has 1 unspecified atom stereocenters. The number of nitrogens with zero attached hydrogens (tertiary/aromatic N) is 2. The fraction of sp³-hybridized carbons (Fsp3) is 0.765. The first kappa shape index (κ1) is 19.2. The molecule has 1 amide bonds. The van der Waals surface area contributed by atoms with Gasteiger partial charge in [-0.25, -0.2) is 0 Å². The molecule has 0 bridgehead atoms. The van der Waals surface area contributed by atoms with E-state index in [0.29, 0.717) is 19.1 Å². The third kappa shape index (κ3) is 4.49. The fourth-order valence-corrected chi connectivity index (χ4v) is 3.70. The van der Waals surface area contributed by atoms with Crippen molar-refractivity contribution in [2.75, 3.05) is 18.5 Å². The third-order valence-electron chi connectivity index (χ3n) is 5.25. The van der Waals surface area contributed by atoms with Crippen LogP contribution in [-0.4, -0.2) is 34.9 Å². The lowest BCUT2D eigenvalue weighted by atomic mass is 9.87. The van der Waals surface area contributed by atoms with Crippen LogP contribution in [0.15, 0.2) is 6.07 Å². The van der Waals surface area contributed by atoms with E-state index in [-0.39, 0.29) is 24.2 Å². The van der Waals surface area contributed by atoms with Gasteiger partial charge in [0.15, 0.2) is 0 Å². The first-order valence-corrected chi connectivity index (χ1v) is 8.83. The van der Waals surface area contributed by atoms with Crippen LogP contribution in [0.25, 0.3) is 0 Å². The number of anilines is 1. The number of hydrogen-bond donors (Lipinski definition) is 2. The first-order valence-electron chi connectivity index (χ1n) is 8.83. The summed E-state index contributed by atoms with van der Waals surface area (Å²) < 4.78 is 7.10. The molecular formula is C17H29ClN4O2. The van der Waals surface area contributed by atoms with E-state index in [1.54, 1.807) is 4.68 Å². The molecular weight excluding hydrogens is 328 g/mol. The number of halogens is 1. The van der Waals surface area contributed by atoms with Crippen molar-refractivity contribution in [2.45, 2.75) is 56.9 Å². The summed E-state index contributed by atoms with van der Waals surface area (Å²) in [5, 5.41) is 7.56. The number of nitrogens with one attached hydrogen (secondary N) is 1. The summed E-state index contributed by atoms with van der Waals surface area (Å²) in [5.74, 6) is 1.37. The highest BCUT2D eigenvalue weighted by Crippen LogP contribution is 2.32. The average Bonchev–Trinajstić information content (AvgIpc) is 2.96. The Balaban J connectivity index is 0.00000208. The lowest BCUT2D eigenvalue weighted by Crippen LogP contribution is -2.44. The van der Waals surface area contributed by atoms with Crippen molar-refractivity contribution >= 4 is 24.1 Å². The topological polar surface area (TPSA) is 82.2 Å². The van der Waals surface area contributed by atoms with E-state index in [9.17, 15) is 4.79 Å². The van der Waals surface area contributed by atoms with Crippen molar-refractivity contribution in [3.63, 3.8) is 0 Å². The zero-order valence-electron chi connectivity index (χ0n) is 14.4. The maximum Gasteiger partial charge on any atom is 0.242 e. The number of aryl methyl sites for hydroxylation is 1. The summed E-state index contributed by atoms with van der Waals surface area (Å²) in [4.78, 5) is 12.4. The minimum absolute atomic E-state index is 0. The normalized spacial score (nSPS) is 21.1. The minimum Gasteiger partial charge on any atom is -0.381 e. The van der Waals surface area contributed by atoms with Crippen LogP contribution in [0.2, 0.25) is 0 Å². The number of amides is 1. The van der Waals surface area contributed by atoms with Gasteiger partial charge >= 0.3 is 0 Å². The van der Waals surface area contributed by atoms with Crippen molar-refractivity contribution < 1.29 is 9.53 Å². The van der Waals surface area contributed by atoms with Crippen molar-refractivity contribution in [1.82, 2.24) is 9.78 Å². The Morgan fingerprint density at radius 1 is 1.29 bits per heavy atom. The minimum atomic E-state index is -0.480. The second-order valence-electron chi connectivity index (χ2n) is 6.88. The summed E-state index contributed by atoms with van der Waals surface area (Å²) in [6, 6.07) is 1.54. The molecule has 1 aliphatic heterocycles. The van der Waals surface area contributed by atoms with Gasteiger partial charge in [0.05, 0.1) is 11.7 Å². The number of aromatic nitrogens is 2. The van der Waals surface area contributed by atoms with E-state index in [4.69, 9.17) is 10.5 Å². The van der Waals surface area contributed by atoms with Crippen LogP contribution in [-0.2, 0) is 16.6 Å². The summed E-state index contributed by atoms with van der Waals surface area (Å²) in [5.41, 5.74) is 7.24. The van der Waals surface area contributed by atoms with Crippen molar-refractivity contribution in [3.05, 3.63) is 11.8 Å². The molecule has 1 atom stereocenters. The zero-order chi connectivity index (χ0) is 16.2. The van der Waals surface area contributed by atoms with E-state index in [2.05, 4.69) is 10.4 Å². The largest absolute Gasteiger partial charge is 0.381 e. The molecule has 3 rings (SSSR count). The predicted octanol–water partition coefficient (Wildman–Crippen LogP) is 2.58. The Morgan fingerprint density at radius 2 is 1.96 bits per heavy atom. The van der Waals surface area contributed by atoms with E-state index in [0.717, 1.165) is 24.4 Å². The van der Waals surface area contributed by atoms with Gasteiger partial charge in [0.2, 0.25) is 5.91 Å². The number of ether oxygens (including phenoxy) is 1. The fourth-order valence-electron chi connectivity index (χ4n) is 3.70. The van der Waals surface area contributed by atoms with Crippen LogP contribution in [0.3, 0.4) is 0 Å². The van der Waals surface area contributed by atoms with Crippen LogP contribution < -0.4 is 11.1 Å². The average molecular weight is 357 g/mol. The standard InChI is InChI=1S/C17H28N4O2.ClH/c1-21-15(11-14(20-21)12-5-3-2-4-6-12)19-17(22)16(18)13-7-9-23-10-8-13;/h11-13,16H,2-10,18H2,1H3,(H,19,22);1H. The van der Waals surface area contributed by atoms with E-state index >= 15 is 0 Å². The molecule has 6 nitrogen and oxygen atoms in total. The summed E-state index contributed by atoms with van der Waals surface area (Å²) in [6.45, 7) is 1.40. The second-order valence-corrected chi connectivity index (χ2v) is 6.88. The Morgan fingerprint density at radius 3 is 2.62 bits per heavy atom. The molecule has 136 valence electrons. The van der Waals surface area contributed by atoms with Gasteiger partial charge < -0.3 is 15.8 Å². The number of carbonyl (C=O) groups excluding carboxylic acids is 1. The van der Waals surface area contributed by atoms with Gasteiger partial charge in [-0.15, -0.1) is 12.4 Å². The molecule has 1 saturated heterocycles. The molecule has 0 spiro atoms. The molecule has 1 aromatic heterocycles. The van der Waals surface area contributed by atoms with Gasteiger partial charge in [-0.2, -0.15) is 5.10 Å². The molecule has 3 N–H and O–H groups in total. The van der Waals surface area contributed by atoms with Crippen LogP contribution >= 0.6 is 12.4 Å². The SMILES string of the molecule is Cl.Cn1nc(C2CCCCC2)cc1NC(=O)C(N)C1CCOCC1. The van der Waals surface area contributed by atoms with Crippen LogP contribution in [0.5, 0.6) is 0 Å². The second kappa shape index (κ2) is 8.83. The maximum atomic E-state index is 12.4. The van der Waals surface area contributed by atoms with E-state index < -0.39 is 6.04 Å². The summed E-state index contributed by atoms with van der Waals surface area (Å²) >= 11 is 0. The van der Waals surface area contributed by atoms with Gasteiger partial charge in [0, 0.05) is 32.2 Å². The van der Waals surface area contributed by atoms with Gasteiger partial charge in [0.25, 0.3) is 0 Å². The van der Waals surface area contributed by atoms with Crippen molar-refractivity contribution in [3.8, 4) is 0 Å². The molecule has 2 aliphatic rings. The van der Waals surface area contributed by atoms with E-state index in [1.165, 1.54) is 32.1 Å². The van der Waals surface area contributed by atoms with Crippen LogP contribution in [0.4, 0.5) is 5.82 Å². The summed E-state index contributed by atoms with van der Waals surface area (Å²) in [7, 11) is 1.88. The molecule has 1 aromatic rings. The Labute approximate surface area is 149 Å². The number of hydrogen-bond acceptors (Lipinski definition) is 4. The smallest absolute Gasteiger partial charge is 0.242 e. The Kier molecular flexibility index (Phi) is 7.07. The van der Waals surface area contributed by atoms with Crippen LogP contribution in [0.1, 0.15) is 56.6 Å². The molecule has 0 aromatic carbocycles. The quantitative estimate of drug-likeness (QED) is 0.868. The molecule has 2 heterocycles. The molecule has 0 radical (unpaired) electrons. The van der Waals surface area contributed by atoms with Gasteiger partial charge in [-0.05, 0) is 31.6 Å². The first-order chi connectivity index (χ1) is 11.1. The number of rotatable bonds is 4. The zero-order valence-corrected chi connectivity index (χ0v) is 15.2. The predicted molar refractivity (Wildman–Crippen MR) is 96.4 cm³/mol.